The Hall–Kier alpha value is -2.87. The smallest absolute Gasteiger partial charge is 0.307 e. The fourth-order valence-electron chi connectivity index (χ4n) is 2.71. The van der Waals surface area contributed by atoms with Crippen LogP contribution in [-0.2, 0) is 14.3 Å². The highest BCUT2D eigenvalue weighted by atomic mass is 32.1. The van der Waals surface area contributed by atoms with E-state index >= 15 is 0 Å². The van der Waals surface area contributed by atoms with E-state index in [0.29, 0.717) is 22.7 Å². The van der Waals surface area contributed by atoms with Crippen molar-refractivity contribution in [3.63, 3.8) is 0 Å². The molecule has 0 radical (unpaired) electrons. The number of esters is 1. The molecule has 1 atom stereocenters. The molecule has 7 nitrogen and oxygen atoms in total. The molecule has 1 unspecified atom stereocenters. The molecule has 2 aromatic rings. The normalized spacial score (nSPS) is 11.5. The Kier molecular flexibility index (Phi) is 7.78. The highest BCUT2D eigenvalue weighted by Crippen LogP contribution is 2.29. The van der Waals surface area contributed by atoms with Gasteiger partial charge in [0.15, 0.2) is 11.9 Å². The van der Waals surface area contributed by atoms with Crippen LogP contribution in [0.2, 0.25) is 0 Å². The molecule has 8 heteroatoms. The molecule has 0 bridgehead atoms. The minimum Gasteiger partial charge on any atom is -0.497 e. The molecule has 0 fully saturated rings. The maximum atomic E-state index is 12.4. The van der Waals surface area contributed by atoms with Gasteiger partial charge >= 0.3 is 5.97 Å². The predicted octanol–water partition coefficient (Wildman–Crippen LogP) is 3.92. The molecule has 156 valence electrons. The summed E-state index contributed by atoms with van der Waals surface area (Å²) in [6.07, 6.45) is -1.08. The number of rotatable bonds is 9. The number of thiophene rings is 1. The summed E-state index contributed by atoms with van der Waals surface area (Å²) in [4.78, 5) is 38.7. The first-order valence-electron chi connectivity index (χ1n) is 9.07. The van der Waals surface area contributed by atoms with Crippen LogP contribution in [0.25, 0.3) is 0 Å². The van der Waals surface area contributed by atoms with Gasteiger partial charge in [-0.2, -0.15) is 0 Å². The van der Waals surface area contributed by atoms with Gasteiger partial charge in [-0.3, -0.25) is 14.4 Å². The molecular weight excluding hydrogens is 394 g/mol. The number of hydrogen-bond acceptors (Lipinski definition) is 7. The Balaban J connectivity index is 1.90. The number of nitrogens with one attached hydrogen (secondary N) is 1. The van der Waals surface area contributed by atoms with Gasteiger partial charge in [0.05, 0.1) is 26.3 Å². The highest BCUT2D eigenvalue weighted by molar-refractivity contribution is 7.12. The molecule has 2 rings (SSSR count). The van der Waals surface area contributed by atoms with Crippen LogP contribution in [0.1, 0.15) is 39.9 Å². The minimum absolute atomic E-state index is 0.0356. The Morgan fingerprint density at radius 2 is 1.79 bits per heavy atom. The van der Waals surface area contributed by atoms with E-state index in [0.717, 1.165) is 9.75 Å². The maximum absolute atomic E-state index is 12.4. The summed E-state index contributed by atoms with van der Waals surface area (Å²) in [7, 11) is 2.99. The predicted molar refractivity (Wildman–Crippen MR) is 111 cm³/mol. The van der Waals surface area contributed by atoms with Crippen molar-refractivity contribution in [2.24, 2.45) is 0 Å². The van der Waals surface area contributed by atoms with Crippen molar-refractivity contribution < 1.29 is 28.6 Å². The first kappa shape index (κ1) is 22.4. The van der Waals surface area contributed by atoms with Gasteiger partial charge in [-0.15, -0.1) is 11.3 Å². The summed E-state index contributed by atoms with van der Waals surface area (Å²) in [6, 6.07) is 6.79. The number of aryl methyl sites for hydroxylation is 2. The highest BCUT2D eigenvalue weighted by Gasteiger charge is 2.21. The van der Waals surface area contributed by atoms with Gasteiger partial charge < -0.3 is 19.5 Å². The number of ether oxygens (including phenoxy) is 3. The van der Waals surface area contributed by atoms with Crippen LogP contribution in [0, 0.1) is 13.8 Å². The molecule has 29 heavy (non-hydrogen) atoms. The molecule has 0 spiro atoms. The van der Waals surface area contributed by atoms with E-state index in [-0.39, 0.29) is 18.6 Å². The van der Waals surface area contributed by atoms with E-state index in [1.54, 1.807) is 29.5 Å². The van der Waals surface area contributed by atoms with Gasteiger partial charge in [0.2, 0.25) is 0 Å². The Morgan fingerprint density at radius 1 is 1.07 bits per heavy atom. The molecule has 1 heterocycles. The maximum Gasteiger partial charge on any atom is 0.307 e. The number of ketones is 1. The SMILES string of the molecule is COc1ccc(OC)c(NC(=O)C(C)OC(=O)CCC(=O)c2cc(C)sc2C)c1. The van der Waals surface area contributed by atoms with Crippen LogP contribution in [0.15, 0.2) is 24.3 Å². The molecule has 1 aromatic carbocycles. The summed E-state index contributed by atoms with van der Waals surface area (Å²) in [5, 5.41) is 2.66. The third kappa shape index (κ3) is 6.05. The van der Waals surface area contributed by atoms with Crippen LogP contribution < -0.4 is 14.8 Å². The van der Waals surface area contributed by atoms with E-state index in [1.807, 2.05) is 19.9 Å². The van der Waals surface area contributed by atoms with E-state index in [1.165, 1.54) is 21.1 Å². The number of methoxy groups -OCH3 is 2. The summed E-state index contributed by atoms with van der Waals surface area (Å²) in [5.41, 5.74) is 1.04. The average molecular weight is 419 g/mol. The van der Waals surface area contributed by atoms with E-state index in [4.69, 9.17) is 14.2 Å². The Morgan fingerprint density at radius 3 is 2.38 bits per heavy atom. The molecular formula is C21H25NO6S. The van der Waals surface area contributed by atoms with Gasteiger partial charge in [0.1, 0.15) is 11.5 Å². The molecule has 0 aliphatic heterocycles. The van der Waals surface area contributed by atoms with E-state index < -0.39 is 18.0 Å². The van der Waals surface area contributed by atoms with Crippen molar-refractivity contribution in [2.45, 2.75) is 39.7 Å². The zero-order chi connectivity index (χ0) is 21.6. The topological polar surface area (TPSA) is 90.9 Å². The number of Topliss-reactive ketones (excluding diaryl/α,β-unsaturated/α-hetero) is 1. The summed E-state index contributed by atoms with van der Waals surface area (Å²) in [6.45, 7) is 5.27. The standard InChI is InChI=1S/C21H25NO6S/c1-12-10-16(14(3)29-12)18(23)7-9-20(24)28-13(2)21(25)22-17-11-15(26-4)6-8-19(17)27-5/h6,8,10-11,13H,7,9H2,1-5H3,(H,22,25). The van der Waals surface area contributed by atoms with Crippen molar-refractivity contribution in [2.75, 3.05) is 19.5 Å². The second kappa shape index (κ2) is 10.1. The Labute approximate surface area is 174 Å². The van der Waals surface area contributed by atoms with Crippen LogP contribution in [0.3, 0.4) is 0 Å². The molecule has 1 amide bonds. The first-order valence-corrected chi connectivity index (χ1v) is 9.89. The average Bonchev–Trinajstić information content (AvgIpc) is 3.03. The fraction of sp³-hybridized carbons (Fsp3) is 0.381. The lowest BCUT2D eigenvalue weighted by atomic mass is 10.1. The molecule has 1 aromatic heterocycles. The van der Waals surface area contributed by atoms with Crippen molar-refractivity contribution in [3.05, 3.63) is 39.6 Å². The summed E-state index contributed by atoms with van der Waals surface area (Å²) < 4.78 is 15.5. The number of carbonyl (C=O) groups excluding carboxylic acids is 3. The molecule has 0 saturated heterocycles. The number of hydrogen-bond donors (Lipinski definition) is 1. The number of anilines is 1. The molecule has 0 aliphatic carbocycles. The Bertz CT molecular complexity index is 905. The zero-order valence-electron chi connectivity index (χ0n) is 17.2. The van der Waals surface area contributed by atoms with Crippen LogP contribution in [-0.4, -0.2) is 38.0 Å². The van der Waals surface area contributed by atoms with Gasteiger partial charge in [-0.05, 0) is 39.0 Å². The quantitative estimate of drug-likeness (QED) is 0.489. The lowest BCUT2D eigenvalue weighted by molar-refractivity contribution is -0.153. The zero-order valence-corrected chi connectivity index (χ0v) is 18.0. The van der Waals surface area contributed by atoms with E-state index in [9.17, 15) is 14.4 Å². The van der Waals surface area contributed by atoms with E-state index in [2.05, 4.69) is 5.32 Å². The fourth-order valence-corrected chi connectivity index (χ4v) is 3.66. The number of benzene rings is 1. The summed E-state index contributed by atoms with van der Waals surface area (Å²) >= 11 is 1.54. The number of amides is 1. The molecule has 0 saturated carbocycles. The third-order valence-corrected chi connectivity index (χ3v) is 5.21. The molecule has 1 N–H and O–H groups in total. The first-order chi connectivity index (χ1) is 13.7. The minimum atomic E-state index is -1.03. The van der Waals surface area contributed by atoms with Gasteiger partial charge in [-0.1, -0.05) is 0 Å². The monoisotopic (exact) mass is 419 g/mol. The third-order valence-electron chi connectivity index (χ3n) is 4.24. The van der Waals surface area contributed by atoms with Crippen LogP contribution in [0.5, 0.6) is 11.5 Å². The number of carbonyl (C=O) groups is 3. The van der Waals surface area contributed by atoms with Gasteiger partial charge in [0.25, 0.3) is 5.91 Å². The van der Waals surface area contributed by atoms with Crippen LogP contribution >= 0.6 is 11.3 Å². The second-order valence-corrected chi connectivity index (χ2v) is 7.90. The lowest BCUT2D eigenvalue weighted by Crippen LogP contribution is -2.30. The largest absolute Gasteiger partial charge is 0.497 e. The van der Waals surface area contributed by atoms with Crippen LogP contribution in [0.4, 0.5) is 5.69 Å². The van der Waals surface area contributed by atoms with Crippen molar-refractivity contribution in [1.29, 1.82) is 0 Å². The van der Waals surface area contributed by atoms with Crippen molar-refractivity contribution in [1.82, 2.24) is 0 Å². The van der Waals surface area contributed by atoms with Crippen molar-refractivity contribution >= 4 is 34.7 Å². The summed E-state index contributed by atoms with van der Waals surface area (Å²) in [5.74, 6) is -0.237. The molecule has 0 aliphatic rings. The lowest BCUT2D eigenvalue weighted by Gasteiger charge is -2.16. The van der Waals surface area contributed by atoms with Gasteiger partial charge in [-0.25, -0.2) is 0 Å². The van der Waals surface area contributed by atoms with Gasteiger partial charge in [0, 0.05) is 27.8 Å². The second-order valence-electron chi connectivity index (χ2n) is 6.44. The van der Waals surface area contributed by atoms with Crippen molar-refractivity contribution in [3.8, 4) is 11.5 Å².